The van der Waals surface area contributed by atoms with Crippen LogP contribution >= 0.6 is 0 Å². The molecule has 0 N–H and O–H groups in total. The van der Waals surface area contributed by atoms with Gasteiger partial charge in [-0.05, 0) is 30.3 Å². The Morgan fingerprint density at radius 2 is 1.54 bits per heavy atom. The summed E-state index contributed by atoms with van der Waals surface area (Å²) in [5, 5.41) is 8.99. The molecule has 3 nitrogen and oxygen atoms in total. The molecule has 24 heavy (non-hydrogen) atoms. The molecule has 10 heteroatoms. The molecule has 1 aromatic heterocycles. The Hall–Kier alpha value is -1.94. The summed E-state index contributed by atoms with van der Waals surface area (Å²) < 4.78 is 66.6. The molecule has 0 atom stereocenters. The molecule has 0 aliphatic carbocycles. The van der Waals surface area contributed by atoms with Gasteiger partial charge in [-0.25, -0.2) is 0 Å². The average molecular weight is 461 g/mol. The topological polar surface area (TPSA) is 36.9 Å². The Kier molecular flexibility index (Phi) is 5.46. The Morgan fingerprint density at radius 1 is 1.00 bits per heavy atom. The molecule has 1 heterocycles. The number of hydrogen-bond donors (Lipinski definition) is 0. The molecule has 0 fully saturated rings. The van der Waals surface area contributed by atoms with Crippen molar-refractivity contribution in [2.24, 2.45) is 0 Å². The standard InChI is InChI=1S/C14H13N2O.6FH.Sb/c1-17-14-7-5-12(6-8-14)11-16-9-3-2-4-13(16)10-15;;;;;;;/h2-9H,11H2,1H3;6*1H;/q+1;;;;;;;+5/p-6. The third kappa shape index (κ3) is 9.95. The first-order valence-corrected chi connectivity index (χ1v) is 12.2. The molecule has 0 amide bonds. The number of hydrogen-bond acceptors (Lipinski definition) is 2. The van der Waals surface area contributed by atoms with E-state index >= 15 is 0 Å². The van der Waals surface area contributed by atoms with Crippen LogP contribution in [0.25, 0.3) is 0 Å². The van der Waals surface area contributed by atoms with E-state index in [1.807, 2.05) is 53.2 Å². The maximum atomic E-state index is 9.93. The number of ether oxygens (including phenoxy) is 1. The summed E-state index contributed by atoms with van der Waals surface area (Å²) in [5.41, 5.74) is 1.79. The molecule has 2 aromatic rings. The van der Waals surface area contributed by atoms with Gasteiger partial charge in [-0.15, -0.1) is 0 Å². The van der Waals surface area contributed by atoms with Gasteiger partial charge < -0.3 is 4.74 Å². The average Bonchev–Trinajstić information content (AvgIpc) is 2.45. The summed E-state index contributed by atoms with van der Waals surface area (Å²) in [5.74, 6) is 0.840. The van der Waals surface area contributed by atoms with Crippen LogP contribution < -0.4 is 9.30 Å². The van der Waals surface area contributed by atoms with Crippen molar-refractivity contribution in [1.29, 1.82) is 5.26 Å². The van der Waals surface area contributed by atoms with Gasteiger partial charge in [0.1, 0.15) is 5.75 Å². The van der Waals surface area contributed by atoms with Crippen LogP contribution in [-0.2, 0) is 6.54 Å². The number of rotatable bonds is 3. The van der Waals surface area contributed by atoms with E-state index in [1.165, 1.54) is 0 Å². The second kappa shape index (κ2) is 6.52. The minimum atomic E-state index is -11.2. The minimum absolute atomic E-state index is 0.656. The van der Waals surface area contributed by atoms with Crippen molar-refractivity contribution < 1.29 is 26.2 Å². The van der Waals surface area contributed by atoms with E-state index < -0.39 is 19.5 Å². The first-order chi connectivity index (χ1) is 10.8. The zero-order valence-corrected chi connectivity index (χ0v) is 14.9. The first kappa shape index (κ1) is 20.1. The molecule has 0 aliphatic heterocycles. The van der Waals surface area contributed by atoms with Crippen LogP contribution in [0.15, 0.2) is 48.7 Å². The SMILES string of the molecule is COc1ccc(C[n+]2ccccc2C#N)cc1.[F][Sb-]([F])([F])([F])([F])[F]. The molecule has 132 valence electrons. The zero-order valence-electron chi connectivity index (χ0n) is 12.3. The zero-order chi connectivity index (χ0) is 18.5. The summed E-state index contributed by atoms with van der Waals surface area (Å²) in [6.07, 6.45) is 1.91. The number of nitrogens with zero attached hydrogens (tertiary/aromatic N) is 2. The number of benzene rings is 1. The maximum absolute atomic E-state index is 11.2. The van der Waals surface area contributed by atoms with Crippen LogP contribution in [0.4, 0.5) is 16.9 Å². The summed E-state index contributed by atoms with van der Waals surface area (Å²) in [7, 11) is 1.65. The van der Waals surface area contributed by atoms with Crippen molar-refractivity contribution in [3.05, 3.63) is 59.9 Å². The van der Waals surface area contributed by atoms with E-state index in [4.69, 9.17) is 10.00 Å². The predicted octanol–water partition coefficient (Wildman–Crippen LogP) is 4.04. The summed E-state index contributed by atoms with van der Waals surface area (Å²) in [4.78, 5) is 0. The quantitative estimate of drug-likeness (QED) is 0.394. The van der Waals surface area contributed by atoms with E-state index in [1.54, 1.807) is 7.11 Å². The van der Waals surface area contributed by atoms with Crippen molar-refractivity contribution in [2.75, 3.05) is 7.11 Å². The molecular formula is C14H13F6N2OSb. The number of aromatic nitrogens is 1. The molecule has 0 aliphatic rings. The van der Waals surface area contributed by atoms with Crippen LogP contribution in [0.2, 0.25) is 0 Å². The Bertz CT molecular complexity index is 727. The van der Waals surface area contributed by atoms with E-state index in [0.29, 0.717) is 12.2 Å². The molecule has 0 radical (unpaired) electrons. The Balaban J connectivity index is 0.000000351. The van der Waals surface area contributed by atoms with Crippen LogP contribution in [0.5, 0.6) is 5.75 Å². The third-order valence-corrected chi connectivity index (χ3v) is 2.57. The van der Waals surface area contributed by atoms with E-state index in [-0.39, 0.29) is 0 Å². The van der Waals surface area contributed by atoms with E-state index in [2.05, 4.69) is 6.07 Å². The molecular weight excluding hydrogens is 448 g/mol. The van der Waals surface area contributed by atoms with E-state index in [9.17, 15) is 16.9 Å². The Morgan fingerprint density at radius 3 is 2.00 bits per heavy atom. The third-order valence-electron chi connectivity index (χ3n) is 2.57. The Labute approximate surface area is 136 Å². The van der Waals surface area contributed by atoms with Gasteiger partial charge in [0.2, 0.25) is 0 Å². The predicted molar refractivity (Wildman–Crippen MR) is 75.9 cm³/mol. The molecule has 0 unspecified atom stereocenters. The van der Waals surface area contributed by atoms with E-state index in [0.717, 1.165) is 11.3 Å². The molecule has 0 saturated heterocycles. The summed E-state index contributed by atoms with van der Waals surface area (Å²) in [6, 6.07) is 15.6. The first-order valence-electron chi connectivity index (χ1n) is 6.36. The number of methoxy groups -OCH3 is 1. The van der Waals surface area contributed by atoms with Crippen LogP contribution in [-0.4, -0.2) is 26.6 Å². The van der Waals surface area contributed by atoms with Gasteiger partial charge >= 0.3 is 36.4 Å². The van der Waals surface area contributed by atoms with Crippen molar-refractivity contribution in [2.45, 2.75) is 6.54 Å². The van der Waals surface area contributed by atoms with Gasteiger partial charge in [0, 0.05) is 17.7 Å². The van der Waals surface area contributed by atoms with Crippen molar-refractivity contribution in [3.8, 4) is 11.8 Å². The molecule has 0 spiro atoms. The van der Waals surface area contributed by atoms with Gasteiger partial charge in [-0.1, -0.05) is 0 Å². The van der Waals surface area contributed by atoms with Crippen LogP contribution in [0.3, 0.4) is 0 Å². The van der Waals surface area contributed by atoms with Gasteiger partial charge in [-0.3, -0.25) is 0 Å². The summed E-state index contributed by atoms with van der Waals surface area (Å²) in [6.45, 7) is 0.688. The van der Waals surface area contributed by atoms with Crippen LogP contribution in [0.1, 0.15) is 11.3 Å². The fourth-order valence-electron chi connectivity index (χ4n) is 1.64. The number of halogens is 6. The fraction of sp³-hybridized carbons (Fsp3) is 0.143. The van der Waals surface area contributed by atoms with Crippen molar-refractivity contribution >= 4 is 19.5 Å². The number of pyridine rings is 1. The van der Waals surface area contributed by atoms with Crippen molar-refractivity contribution in [3.63, 3.8) is 0 Å². The fourth-order valence-corrected chi connectivity index (χ4v) is 1.64. The second-order valence-electron chi connectivity index (χ2n) is 4.63. The molecule has 2 rings (SSSR count). The van der Waals surface area contributed by atoms with Gasteiger partial charge in [-0.2, -0.15) is 9.83 Å². The molecule has 0 saturated carbocycles. The van der Waals surface area contributed by atoms with Gasteiger partial charge in [0.05, 0.1) is 7.11 Å². The molecule has 1 aromatic carbocycles. The monoisotopic (exact) mass is 460 g/mol. The second-order valence-corrected chi connectivity index (χ2v) is 10.1. The van der Waals surface area contributed by atoms with Gasteiger partial charge in [0.15, 0.2) is 18.8 Å². The van der Waals surface area contributed by atoms with Crippen molar-refractivity contribution in [1.82, 2.24) is 0 Å². The normalized spacial score (nSPS) is 13.6. The van der Waals surface area contributed by atoms with Gasteiger partial charge in [0.25, 0.3) is 5.69 Å². The van der Waals surface area contributed by atoms with Crippen LogP contribution in [0, 0.1) is 11.3 Å². The number of nitriles is 1. The molecule has 0 bridgehead atoms. The summed E-state index contributed by atoms with van der Waals surface area (Å²) >= 11 is -11.2.